The molecule has 22 heavy (non-hydrogen) atoms. The lowest BCUT2D eigenvalue weighted by Crippen LogP contribution is -2.27. The predicted octanol–water partition coefficient (Wildman–Crippen LogP) is 4.29. The number of methoxy groups -OCH3 is 1. The van der Waals surface area contributed by atoms with Crippen LogP contribution in [-0.2, 0) is 6.54 Å². The molecule has 114 valence electrons. The van der Waals surface area contributed by atoms with E-state index in [-0.39, 0.29) is 0 Å². The van der Waals surface area contributed by atoms with E-state index in [1.807, 2.05) is 0 Å². The summed E-state index contributed by atoms with van der Waals surface area (Å²) in [6.07, 6.45) is 3.45. The van der Waals surface area contributed by atoms with Crippen LogP contribution in [-0.4, -0.2) is 25.1 Å². The van der Waals surface area contributed by atoms with Crippen LogP contribution in [0.15, 0.2) is 54.6 Å². The van der Waals surface area contributed by atoms with Crippen LogP contribution in [0.5, 0.6) is 5.75 Å². The first-order chi connectivity index (χ1) is 10.8. The number of nitrogens with zero attached hydrogens (tertiary/aromatic N) is 1. The topological polar surface area (TPSA) is 12.5 Å². The van der Waals surface area contributed by atoms with Crippen molar-refractivity contribution in [3.8, 4) is 5.75 Å². The molecule has 0 spiro atoms. The van der Waals surface area contributed by atoms with Gasteiger partial charge in [-0.2, -0.15) is 0 Å². The summed E-state index contributed by atoms with van der Waals surface area (Å²) in [5, 5.41) is 0. The van der Waals surface area contributed by atoms with Crippen molar-refractivity contribution in [2.45, 2.75) is 19.9 Å². The monoisotopic (exact) mass is 293 g/mol. The maximum Gasteiger partial charge on any atom is 0.122 e. The Balaban J connectivity index is 1.68. The summed E-state index contributed by atoms with van der Waals surface area (Å²) >= 11 is 0. The van der Waals surface area contributed by atoms with Gasteiger partial charge >= 0.3 is 0 Å². The minimum atomic E-state index is 0.977. The van der Waals surface area contributed by atoms with E-state index in [9.17, 15) is 0 Å². The Bertz CT molecular complexity index is 661. The lowest BCUT2D eigenvalue weighted by Gasteiger charge is -2.26. The Morgan fingerprint density at radius 2 is 1.91 bits per heavy atom. The van der Waals surface area contributed by atoms with Crippen LogP contribution >= 0.6 is 0 Å². The highest BCUT2D eigenvalue weighted by atomic mass is 16.5. The zero-order valence-electron chi connectivity index (χ0n) is 13.4. The third kappa shape index (κ3) is 3.40. The standard InChI is InChI=1S/C20H23NO/c1-16-8-9-19(14-20(16)22-2)18-10-12-21(13-11-18)15-17-6-4-3-5-7-17/h3-10,14H,11-13,15H2,1-2H3. The van der Waals surface area contributed by atoms with Gasteiger partial charge in [-0.15, -0.1) is 0 Å². The van der Waals surface area contributed by atoms with E-state index in [0.29, 0.717) is 0 Å². The number of hydrogen-bond acceptors (Lipinski definition) is 2. The van der Waals surface area contributed by atoms with Crippen molar-refractivity contribution in [2.75, 3.05) is 20.2 Å². The van der Waals surface area contributed by atoms with Crippen molar-refractivity contribution in [3.63, 3.8) is 0 Å². The molecular weight excluding hydrogens is 270 g/mol. The van der Waals surface area contributed by atoms with E-state index < -0.39 is 0 Å². The van der Waals surface area contributed by atoms with Gasteiger partial charge < -0.3 is 4.74 Å². The first-order valence-corrected chi connectivity index (χ1v) is 7.86. The quantitative estimate of drug-likeness (QED) is 0.833. The summed E-state index contributed by atoms with van der Waals surface area (Å²) in [6, 6.07) is 17.2. The fourth-order valence-corrected chi connectivity index (χ4v) is 2.98. The van der Waals surface area contributed by atoms with Gasteiger partial charge in [0.05, 0.1) is 7.11 Å². The Kier molecular flexibility index (Phi) is 4.59. The van der Waals surface area contributed by atoms with Crippen LogP contribution in [0.25, 0.3) is 5.57 Å². The van der Waals surface area contributed by atoms with Crippen molar-refractivity contribution < 1.29 is 4.74 Å². The smallest absolute Gasteiger partial charge is 0.122 e. The molecule has 0 radical (unpaired) electrons. The Labute approximate surface area is 133 Å². The molecule has 2 aromatic carbocycles. The van der Waals surface area contributed by atoms with E-state index in [0.717, 1.165) is 31.8 Å². The molecule has 0 fully saturated rings. The second-order valence-corrected chi connectivity index (χ2v) is 5.88. The largest absolute Gasteiger partial charge is 0.496 e. The van der Waals surface area contributed by atoms with Gasteiger partial charge in [0, 0.05) is 19.6 Å². The van der Waals surface area contributed by atoms with Crippen molar-refractivity contribution in [2.24, 2.45) is 0 Å². The Morgan fingerprint density at radius 3 is 2.59 bits per heavy atom. The van der Waals surface area contributed by atoms with Crippen LogP contribution in [0.3, 0.4) is 0 Å². The summed E-state index contributed by atoms with van der Waals surface area (Å²) in [6.45, 7) is 5.23. The van der Waals surface area contributed by atoms with Gasteiger partial charge in [0.1, 0.15) is 5.75 Å². The van der Waals surface area contributed by atoms with Gasteiger partial charge in [-0.1, -0.05) is 48.5 Å². The fraction of sp³-hybridized carbons (Fsp3) is 0.300. The molecule has 1 aliphatic heterocycles. The molecule has 0 atom stereocenters. The van der Waals surface area contributed by atoms with Crippen LogP contribution in [0.2, 0.25) is 0 Å². The first-order valence-electron chi connectivity index (χ1n) is 7.86. The lowest BCUT2D eigenvalue weighted by atomic mass is 9.98. The Hall–Kier alpha value is -2.06. The molecule has 0 unspecified atom stereocenters. The van der Waals surface area contributed by atoms with Crippen molar-refractivity contribution in [1.82, 2.24) is 4.90 Å². The molecule has 0 aromatic heterocycles. The molecule has 0 bridgehead atoms. The van der Waals surface area contributed by atoms with Crippen LogP contribution in [0.4, 0.5) is 0 Å². The highest BCUT2D eigenvalue weighted by Gasteiger charge is 2.14. The summed E-state index contributed by atoms with van der Waals surface area (Å²) in [5.41, 5.74) is 5.30. The number of rotatable bonds is 4. The normalized spacial score (nSPS) is 15.5. The zero-order valence-corrected chi connectivity index (χ0v) is 13.4. The highest BCUT2D eigenvalue weighted by Crippen LogP contribution is 2.28. The Morgan fingerprint density at radius 1 is 1.09 bits per heavy atom. The SMILES string of the molecule is COc1cc(C2=CCN(Cc3ccccc3)CC2)ccc1C. The first kappa shape index (κ1) is 14.9. The molecule has 1 aliphatic rings. The molecule has 2 heteroatoms. The molecule has 0 saturated carbocycles. The van der Waals surface area contributed by atoms with Gasteiger partial charge in [-0.25, -0.2) is 0 Å². The summed E-state index contributed by atoms with van der Waals surface area (Å²) in [5.74, 6) is 0.977. The number of hydrogen-bond donors (Lipinski definition) is 0. The molecule has 1 heterocycles. The zero-order chi connectivity index (χ0) is 15.4. The van der Waals surface area contributed by atoms with Crippen molar-refractivity contribution in [1.29, 1.82) is 0 Å². The molecule has 0 amide bonds. The van der Waals surface area contributed by atoms with Crippen molar-refractivity contribution >= 4 is 5.57 Å². The van der Waals surface area contributed by atoms with Crippen molar-refractivity contribution in [3.05, 3.63) is 71.3 Å². The van der Waals surface area contributed by atoms with Crippen LogP contribution in [0, 0.1) is 6.92 Å². The van der Waals surface area contributed by atoms with Gasteiger partial charge in [-0.05, 0) is 41.7 Å². The number of benzene rings is 2. The van der Waals surface area contributed by atoms with Gasteiger partial charge in [0.2, 0.25) is 0 Å². The molecule has 2 aromatic rings. The summed E-state index contributed by atoms with van der Waals surface area (Å²) < 4.78 is 5.44. The minimum absolute atomic E-state index is 0.977. The molecule has 2 nitrogen and oxygen atoms in total. The molecule has 0 N–H and O–H groups in total. The van der Waals surface area contributed by atoms with E-state index in [2.05, 4.69) is 66.4 Å². The van der Waals surface area contributed by atoms with Gasteiger partial charge in [0.15, 0.2) is 0 Å². The molecule has 0 saturated heterocycles. The average Bonchev–Trinajstić information content (AvgIpc) is 2.57. The average molecular weight is 293 g/mol. The second kappa shape index (κ2) is 6.80. The summed E-state index contributed by atoms with van der Waals surface area (Å²) in [4.78, 5) is 2.49. The number of aryl methyl sites for hydroxylation is 1. The highest BCUT2D eigenvalue weighted by molar-refractivity contribution is 5.68. The van der Waals surface area contributed by atoms with Crippen LogP contribution in [0.1, 0.15) is 23.1 Å². The summed E-state index contributed by atoms with van der Waals surface area (Å²) in [7, 11) is 1.74. The fourth-order valence-electron chi connectivity index (χ4n) is 2.98. The predicted molar refractivity (Wildman–Crippen MR) is 92.0 cm³/mol. The molecular formula is C20H23NO. The number of ether oxygens (including phenoxy) is 1. The van der Waals surface area contributed by atoms with Crippen LogP contribution < -0.4 is 4.74 Å². The third-order valence-electron chi connectivity index (χ3n) is 4.32. The maximum atomic E-state index is 5.44. The second-order valence-electron chi connectivity index (χ2n) is 5.88. The van der Waals surface area contributed by atoms with E-state index >= 15 is 0 Å². The maximum absolute atomic E-state index is 5.44. The van der Waals surface area contributed by atoms with E-state index in [1.165, 1.54) is 22.3 Å². The van der Waals surface area contributed by atoms with Gasteiger partial charge in [-0.3, -0.25) is 4.90 Å². The van der Waals surface area contributed by atoms with E-state index in [4.69, 9.17) is 4.74 Å². The van der Waals surface area contributed by atoms with E-state index in [1.54, 1.807) is 7.11 Å². The molecule has 3 rings (SSSR count). The third-order valence-corrected chi connectivity index (χ3v) is 4.32. The van der Waals surface area contributed by atoms with Gasteiger partial charge in [0.25, 0.3) is 0 Å². The lowest BCUT2D eigenvalue weighted by molar-refractivity contribution is 0.294. The molecule has 0 aliphatic carbocycles. The minimum Gasteiger partial charge on any atom is -0.496 e.